The number of amides is 1. The van der Waals surface area contributed by atoms with E-state index in [1.807, 2.05) is 0 Å². The minimum atomic E-state index is -1.52. The zero-order chi connectivity index (χ0) is 23.1. The fraction of sp³-hybridized carbons (Fsp3) is 0.333. The van der Waals surface area contributed by atoms with Crippen LogP contribution in [0.25, 0.3) is 0 Å². The predicted molar refractivity (Wildman–Crippen MR) is 116 cm³/mol. The Balaban J connectivity index is 1.47. The Labute approximate surface area is 192 Å². The Hall–Kier alpha value is -2.54. The van der Waals surface area contributed by atoms with E-state index >= 15 is 0 Å². The average molecular weight is 511 g/mol. The number of rotatable bonds is 8. The van der Waals surface area contributed by atoms with Crippen LogP contribution in [0.5, 0.6) is 11.5 Å². The first-order valence-electron chi connectivity index (χ1n) is 9.65. The van der Waals surface area contributed by atoms with Gasteiger partial charge in [-0.3, -0.25) is 4.79 Å². The maximum absolute atomic E-state index is 11.8. The van der Waals surface area contributed by atoms with E-state index in [-0.39, 0.29) is 6.61 Å². The lowest BCUT2D eigenvalue weighted by Gasteiger charge is -2.39. The highest BCUT2D eigenvalue weighted by Gasteiger charge is 2.44. The Morgan fingerprint density at radius 2 is 1.69 bits per heavy atom. The highest BCUT2D eigenvalue weighted by Crippen LogP contribution is 2.24. The second-order valence-electron chi connectivity index (χ2n) is 6.92. The molecular weight excluding hydrogens is 488 g/mol. The lowest BCUT2D eigenvalue weighted by Crippen LogP contribution is -2.60. The average Bonchev–Trinajstić information content (AvgIpc) is 2.80. The monoisotopic (exact) mass is 510 g/mol. The molecule has 1 fully saturated rings. The number of nitrogens with one attached hydrogen (secondary N) is 1. The van der Waals surface area contributed by atoms with Crippen molar-refractivity contribution >= 4 is 28.1 Å². The van der Waals surface area contributed by atoms with Gasteiger partial charge >= 0.3 is 0 Å². The summed E-state index contributed by atoms with van der Waals surface area (Å²) in [6.45, 7) is -0.731. The van der Waals surface area contributed by atoms with Crippen molar-refractivity contribution < 1.29 is 39.4 Å². The van der Waals surface area contributed by atoms with Crippen LogP contribution in [0.3, 0.4) is 0 Å². The number of aliphatic hydroxyl groups is 4. The molecule has 1 aliphatic rings. The van der Waals surface area contributed by atoms with E-state index in [2.05, 4.69) is 26.5 Å². The molecule has 0 bridgehead atoms. The Kier molecular flexibility index (Phi) is 8.56. The molecule has 5 atom stereocenters. The van der Waals surface area contributed by atoms with Crippen molar-refractivity contribution in [1.29, 1.82) is 0 Å². The van der Waals surface area contributed by atoms with Crippen LogP contribution in [-0.4, -0.2) is 76.5 Å². The van der Waals surface area contributed by atoms with Crippen LogP contribution >= 0.6 is 15.9 Å². The van der Waals surface area contributed by atoms with Gasteiger partial charge in [-0.2, -0.15) is 5.10 Å². The van der Waals surface area contributed by atoms with E-state index in [0.717, 1.165) is 4.47 Å². The summed E-state index contributed by atoms with van der Waals surface area (Å²) in [5.41, 5.74) is 3.01. The standard InChI is InChI=1S/C21H23BrN2O8/c22-13-3-7-14(8-4-13)30-11-17(26)24-23-9-12-1-5-15(6-2-12)31-21-20(29)19(28)18(27)16(10-25)32-21/h1-9,16,18-21,25,27-29H,10-11H2,(H,24,26). The number of halogens is 1. The number of hydrazone groups is 1. The number of benzene rings is 2. The van der Waals surface area contributed by atoms with Crippen LogP contribution in [0.2, 0.25) is 0 Å². The Bertz CT molecular complexity index is 907. The van der Waals surface area contributed by atoms with Crippen LogP contribution in [-0.2, 0) is 9.53 Å². The van der Waals surface area contributed by atoms with Crippen molar-refractivity contribution in [2.45, 2.75) is 30.7 Å². The van der Waals surface area contributed by atoms with E-state index in [9.17, 15) is 25.2 Å². The number of aliphatic hydroxyl groups excluding tert-OH is 4. The molecule has 1 amide bonds. The van der Waals surface area contributed by atoms with Gasteiger partial charge in [-0.1, -0.05) is 15.9 Å². The van der Waals surface area contributed by atoms with E-state index in [0.29, 0.717) is 17.1 Å². The number of carbonyl (C=O) groups is 1. The number of hydrogen-bond donors (Lipinski definition) is 5. The third-order valence-corrected chi connectivity index (χ3v) is 5.10. The lowest BCUT2D eigenvalue weighted by molar-refractivity contribution is -0.277. The van der Waals surface area contributed by atoms with Gasteiger partial charge in [0.25, 0.3) is 5.91 Å². The molecule has 10 nitrogen and oxygen atoms in total. The Morgan fingerprint density at radius 3 is 2.34 bits per heavy atom. The molecule has 0 saturated carbocycles. The van der Waals surface area contributed by atoms with Crippen LogP contribution in [0.15, 0.2) is 58.1 Å². The summed E-state index contributed by atoms with van der Waals surface area (Å²) in [5.74, 6) is 0.451. The Morgan fingerprint density at radius 1 is 1.03 bits per heavy atom. The molecule has 172 valence electrons. The summed E-state index contributed by atoms with van der Waals surface area (Å²) in [4.78, 5) is 11.8. The minimum Gasteiger partial charge on any atom is -0.484 e. The first-order valence-corrected chi connectivity index (χ1v) is 10.4. The summed E-state index contributed by atoms with van der Waals surface area (Å²) in [6.07, 6.45) is -5.37. The maximum atomic E-state index is 11.8. The summed E-state index contributed by atoms with van der Waals surface area (Å²) in [7, 11) is 0. The maximum Gasteiger partial charge on any atom is 0.277 e. The highest BCUT2D eigenvalue weighted by atomic mass is 79.9. The van der Waals surface area contributed by atoms with E-state index in [1.54, 1.807) is 48.5 Å². The molecular formula is C21H23BrN2O8. The fourth-order valence-corrected chi connectivity index (χ4v) is 3.09. The lowest BCUT2D eigenvalue weighted by atomic mass is 9.99. The molecule has 32 heavy (non-hydrogen) atoms. The van der Waals surface area contributed by atoms with E-state index < -0.39 is 43.2 Å². The molecule has 5 N–H and O–H groups in total. The molecule has 0 radical (unpaired) electrons. The first kappa shape index (κ1) is 24.1. The van der Waals surface area contributed by atoms with Gasteiger partial charge in [-0.15, -0.1) is 0 Å². The molecule has 2 aromatic carbocycles. The first-order chi connectivity index (χ1) is 15.4. The molecule has 0 aliphatic carbocycles. The molecule has 1 aliphatic heterocycles. The van der Waals surface area contributed by atoms with Crippen molar-refractivity contribution in [3.8, 4) is 11.5 Å². The van der Waals surface area contributed by atoms with Crippen LogP contribution < -0.4 is 14.9 Å². The third-order valence-electron chi connectivity index (χ3n) is 4.57. The van der Waals surface area contributed by atoms with E-state index in [1.165, 1.54) is 6.21 Å². The van der Waals surface area contributed by atoms with Crippen molar-refractivity contribution in [2.24, 2.45) is 5.10 Å². The fourth-order valence-electron chi connectivity index (χ4n) is 2.82. The topological polar surface area (TPSA) is 150 Å². The number of nitrogens with zero attached hydrogens (tertiary/aromatic N) is 1. The van der Waals surface area contributed by atoms with Gasteiger partial charge < -0.3 is 34.6 Å². The van der Waals surface area contributed by atoms with Gasteiger partial charge in [0, 0.05) is 4.47 Å². The number of carbonyl (C=O) groups excluding carboxylic acids is 1. The quantitative estimate of drug-likeness (QED) is 0.249. The molecule has 2 aromatic rings. The summed E-state index contributed by atoms with van der Waals surface area (Å²) >= 11 is 3.32. The zero-order valence-electron chi connectivity index (χ0n) is 16.7. The largest absolute Gasteiger partial charge is 0.484 e. The molecule has 11 heteroatoms. The smallest absolute Gasteiger partial charge is 0.277 e. The molecule has 0 aromatic heterocycles. The molecule has 5 unspecified atom stereocenters. The normalized spacial score (nSPS) is 25.5. The van der Waals surface area contributed by atoms with Crippen molar-refractivity contribution in [2.75, 3.05) is 13.2 Å². The van der Waals surface area contributed by atoms with Gasteiger partial charge in [0.2, 0.25) is 6.29 Å². The zero-order valence-corrected chi connectivity index (χ0v) is 18.3. The van der Waals surface area contributed by atoms with Crippen LogP contribution in [0.4, 0.5) is 0 Å². The molecule has 1 heterocycles. The predicted octanol–water partition coefficient (Wildman–Crippen LogP) is 0.157. The van der Waals surface area contributed by atoms with Gasteiger partial charge in [-0.05, 0) is 54.1 Å². The second kappa shape index (κ2) is 11.4. The molecule has 1 saturated heterocycles. The van der Waals surface area contributed by atoms with Crippen LogP contribution in [0, 0.1) is 0 Å². The number of hydrogen-bond acceptors (Lipinski definition) is 9. The van der Waals surface area contributed by atoms with Gasteiger partial charge in [0.15, 0.2) is 6.61 Å². The molecule has 0 spiro atoms. The number of ether oxygens (including phenoxy) is 3. The van der Waals surface area contributed by atoms with Crippen molar-refractivity contribution in [3.63, 3.8) is 0 Å². The summed E-state index contributed by atoms with van der Waals surface area (Å²) in [5, 5.41) is 42.7. The van der Waals surface area contributed by atoms with Gasteiger partial charge in [0.1, 0.15) is 35.9 Å². The van der Waals surface area contributed by atoms with Crippen molar-refractivity contribution in [1.82, 2.24) is 5.43 Å². The third kappa shape index (κ3) is 6.48. The highest BCUT2D eigenvalue weighted by molar-refractivity contribution is 9.10. The summed E-state index contributed by atoms with van der Waals surface area (Å²) in [6, 6.07) is 13.5. The van der Waals surface area contributed by atoms with Gasteiger partial charge in [0.05, 0.1) is 12.8 Å². The SMILES string of the molecule is O=C(COc1ccc(Br)cc1)NN=Cc1ccc(OC2OC(CO)C(O)C(O)C2O)cc1. The second-order valence-corrected chi connectivity index (χ2v) is 7.84. The van der Waals surface area contributed by atoms with Crippen LogP contribution in [0.1, 0.15) is 5.56 Å². The molecule has 3 rings (SSSR count). The summed E-state index contributed by atoms with van der Waals surface area (Å²) < 4.78 is 17.1. The van der Waals surface area contributed by atoms with E-state index in [4.69, 9.17) is 14.2 Å². The van der Waals surface area contributed by atoms with Gasteiger partial charge in [-0.25, -0.2) is 5.43 Å². The van der Waals surface area contributed by atoms with Crippen molar-refractivity contribution in [3.05, 3.63) is 58.6 Å². The minimum absolute atomic E-state index is 0.190.